The van der Waals surface area contributed by atoms with E-state index in [9.17, 15) is 34.2 Å². The molecule has 0 radical (unpaired) electrons. The molecule has 0 saturated carbocycles. The van der Waals surface area contributed by atoms with Crippen molar-refractivity contribution in [3.05, 3.63) is 0 Å². The normalized spacial score (nSPS) is 17.6. The molecule has 4 amide bonds. The third-order valence-corrected chi connectivity index (χ3v) is 5.39. The molecule has 0 aromatic rings. The third-order valence-electron chi connectivity index (χ3n) is 5.39. The highest BCUT2D eigenvalue weighted by Crippen LogP contribution is 2.11. The number of rotatable bonds is 14. The number of aliphatic hydroxyl groups is 1. The van der Waals surface area contributed by atoms with Crippen LogP contribution in [0.1, 0.15) is 53.9 Å². The summed E-state index contributed by atoms with van der Waals surface area (Å²) in [6.07, 6.45) is -0.803. The average molecular weight is 460 g/mol. The van der Waals surface area contributed by atoms with E-state index in [4.69, 9.17) is 11.5 Å². The Kier molecular flexibility index (Phi) is 12.5. The fourth-order valence-corrected chi connectivity index (χ4v) is 2.85. The predicted octanol–water partition coefficient (Wildman–Crippen LogP) is -1.80. The number of nitrogens with two attached hydrogens (primary N) is 2. The van der Waals surface area contributed by atoms with E-state index in [1.807, 2.05) is 0 Å². The number of aliphatic hydroxyl groups excluding tert-OH is 1. The second-order valence-corrected chi connectivity index (χ2v) is 8.09. The fraction of sp³-hybridized carbons (Fsp3) is 0.750. The topological polar surface area (TPSA) is 214 Å². The van der Waals surface area contributed by atoms with E-state index >= 15 is 0 Å². The lowest BCUT2D eigenvalue weighted by molar-refractivity contribution is -0.144. The minimum absolute atomic E-state index is 0.385. The maximum absolute atomic E-state index is 12.9. The molecule has 0 heterocycles. The van der Waals surface area contributed by atoms with Gasteiger partial charge in [0, 0.05) is 0 Å². The Bertz CT molecular complexity index is 685. The van der Waals surface area contributed by atoms with Crippen LogP contribution in [0, 0.1) is 11.8 Å². The zero-order valence-electron chi connectivity index (χ0n) is 19.3. The van der Waals surface area contributed by atoms with E-state index in [-0.39, 0.29) is 11.8 Å². The largest absolute Gasteiger partial charge is 0.480 e. The molecule has 0 aliphatic carbocycles. The highest BCUT2D eigenvalue weighted by molar-refractivity contribution is 5.95. The highest BCUT2D eigenvalue weighted by Gasteiger charge is 2.35. The van der Waals surface area contributed by atoms with Crippen LogP contribution in [-0.4, -0.2) is 70.1 Å². The van der Waals surface area contributed by atoms with Crippen LogP contribution < -0.4 is 27.4 Å². The lowest BCUT2D eigenvalue weighted by atomic mass is 9.96. The van der Waals surface area contributed by atoms with Gasteiger partial charge in [-0.05, 0) is 18.8 Å². The minimum Gasteiger partial charge on any atom is -0.480 e. The first kappa shape index (κ1) is 29.3. The van der Waals surface area contributed by atoms with Crippen molar-refractivity contribution in [3.63, 3.8) is 0 Å². The molecule has 9 N–H and O–H groups in total. The Morgan fingerprint density at radius 1 is 0.781 bits per heavy atom. The molecule has 0 saturated heterocycles. The first-order valence-electron chi connectivity index (χ1n) is 10.6. The van der Waals surface area contributed by atoms with Gasteiger partial charge in [0.15, 0.2) is 0 Å². The number of carbonyl (C=O) groups excluding carboxylic acids is 4. The first-order valence-corrected chi connectivity index (χ1v) is 10.6. The van der Waals surface area contributed by atoms with Crippen molar-refractivity contribution in [3.8, 4) is 0 Å². The number of hydrogen-bond donors (Lipinski definition) is 7. The molecule has 12 nitrogen and oxygen atoms in total. The summed E-state index contributed by atoms with van der Waals surface area (Å²) >= 11 is 0. The summed E-state index contributed by atoms with van der Waals surface area (Å²) in [5.41, 5.74) is 10.7. The van der Waals surface area contributed by atoms with Gasteiger partial charge in [-0.1, -0.05) is 40.5 Å². The first-order chi connectivity index (χ1) is 14.8. The maximum atomic E-state index is 12.9. The summed E-state index contributed by atoms with van der Waals surface area (Å²) in [5.74, 6) is -5.21. The van der Waals surface area contributed by atoms with Crippen molar-refractivity contribution in [1.82, 2.24) is 16.0 Å². The van der Waals surface area contributed by atoms with Gasteiger partial charge in [0.05, 0.1) is 18.6 Å². The Morgan fingerprint density at radius 3 is 1.59 bits per heavy atom. The van der Waals surface area contributed by atoms with Crippen LogP contribution in [0.3, 0.4) is 0 Å². The van der Waals surface area contributed by atoms with Gasteiger partial charge in [-0.15, -0.1) is 0 Å². The zero-order valence-corrected chi connectivity index (χ0v) is 19.3. The van der Waals surface area contributed by atoms with Crippen LogP contribution in [0.5, 0.6) is 0 Å². The van der Waals surface area contributed by atoms with Gasteiger partial charge < -0.3 is 37.6 Å². The van der Waals surface area contributed by atoms with Crippen LogP contribution in [0.2, 0.25) is 0 Å². The Morgan fingerprint density at radius 2 is 1.19 bits per heavy atom. The predicted molar refractivity (Wildman–Crippen MR) is 116 cm³/mol. The van der Waals surface area contributed by atoms with Crippen molar-refractivity contribution in [2.75, 3.05) is 0 Å². The van der Waals surface area contributed by atoms with Crippen molar-refractivity contribution >= 4 is 29.6 Å². The Hall–Kier alpha value is -2.73. The van der Waals surface area contributed by atoms with Crippen LogP contribution in [0.15, 0.2) is 0 Å². The number of carboxylic acids is 1. The molecule has 32 heavy (non-hydrogen) atoms. The van der Waals surface area contributed by atoms with Crippen molar-refractivity contribution in [1.29, 1.82) is 0 Å². The minimum atomic E-state index is -1.46. The molecule has 0 fully saturated rings. The molecule has 0 aromatic heterocycles. The molecule has 0 aliphatic rings. The van der Waals surface area contributed by atoms with E-state index in [0.29, 0.717) is 12.8 Å². The second kappa shape index (κ2) is 13.6. The summed E-state index contributed by atoms with van der Waals surface area (Å²) in [6, 6.07) is -5.04. The van der Waals surface area contributed by atoms with Gasteiger partial charge in [0.2, 0.25) is 23.6 Å². The number of primary amides is 1. The smallest absolute Gasteiger partial charge is 0.326 e. The van der Waals surface area contributed by atoms with Crippen molar-refractivity contribution < 1.29 is 34.2 Å². The SMILES string of the molecule is CCC(C)C(NC(=O)C(NC(=O)C(NC(=O)C(N)CC(N)=O)C(C)CC)C(C)O)C(=O)O. The Balaban J connectivity index is 5.53. The molecule has 0 aromatic carbocycles. The van der Waals surface area contributed by atoms with Crippen molar-refractivity contribution in [2.45, 2.75) is 84.2 Å². The van der Waals surface area contributed by atoms with E-state index in [0.717, 1.165) is 0 Å². The van der Waals surface area contributed by atoms with Gasteiger partial charge in [-0.25, -0.2) is 4.79 Å². The van der Waals surface area contributed by atoms with Crippen LogP contribution >= 0.6 is 0 Å². The van der Waals surface area contributed by atoms with Crippen molar-refractivity contribution in [2.24, 2.45) is 23.3 Å². The molecule has 0 spiro atoms. The number of amides is 4. The number of aliphatic carboxylic acids is 1. The molecule has 7 unspecified atom stereocenters. The highest BCUT2D eigenvalue weighted by atomic mass is 16.4. The lowest BCUT2D eigenvalue weighted by Crippen LogP contribution is -2.61. The molecule has 0 bridgehead atoms. The molecule has 7 atom stereocenters. The fourth-order valence-electron chi connectivity index (χ4n) is 2.85. The number of hydrogen-bond acceptors (Lipinski definition) is 7. The molecule has 12 heteroatoms. The summed E-state index contributed by atoms with van der Waals surface area (Å²) < 4.78 is 0. The van der Waals surface area contributed by atoms with Crippen LogP contribution in [-0.2, 0) is 24.0 Å². The summed E-state index contributed by atoms with van der Waals surface area (Å²) in [4.78, 5) is 60.3. The number of carbonyl (C=O) groups is 5. The van der Waals surface area contributed by atoms with E-state index < -0.39 is 66.3 Å². The maximum Gasteiger partial charge on any atom is 0.326 e. The molecule has 0 aliphatic heterocycles. The van der Waals surface area contributed by atoms with Gasteiger partial charge in [-0.3, -0.25) is 19.2 Å². The summed E-state index contributed by atoms with van der Waals surface area (Å²) in [5, 5.41) is 26.6. The van der Waals surface area contributed by atoms with E-state index in [2.05, 4.69) is 16.0 Å². The monoisotopic (exact) mass is 459 g/mol. The molecule has 184 valence electrons. The van der Waals surface area contributed by atoms with Gasteiger partial charge in [-0.2, -0.15) is 0 Å². The molecule has 0 rings (SSSR count). The van der Waals surface area contributed by atoms with Gasteiger partial charge >= 0.3 is 5.97 Å². The number of carboxylic acid groups (broad SMARTS) is 1. The van der Waals surface area contributed by atoms with Gasteiger partial charge in [0.25, 0.3) is 0 Å². The third kappa shape index (κ3) is 9.18. The standard InChI is InChI=1S/C20H37N5O7/c1-6-9(3)14(23-17(28)12(21)8-13(22)27)18(29)25-16(11(5)26)19(30)24-15(20(31)32)10(4)7-2/h9-12,14-16,26H,6-8,21H2,1-5H3,(H2,22,27)(H,23,28)(H,24,30)(H,25,29)(H,31,32). The van der Waals surface area contributed by atoms with E-state index in [1.54, 1.807) is 27.7 Å². The van der Waals surface area contributed by atoms with Crippen LogP contribution in [0.25, 0.3) is 0 Å². The van der Waals surface area contributed by atoms with Crippen LogP contribution in [0.4, 0.5) is 0 Å². The summed E-state index contributed by atoms with van der Waals surface area (Å²) in [6.45, 7) is 8.15. The Labute approximate surface area is 187 Å². The molecular formula is C20H37N5O7. The zero-order chi connectivity index (χ0) is 25.2. The van der Waals surface area contributed by atoms with E-state index in [1.165, 1.54) is 6.92 Å². The second-order valence-electron chi connectivity index (χ2n) is 8.09. The number of nitrogens with one attached hydrogen (secondary N) is 3. The summed E-state index contributed by atoms with van der Waals surface area (Å²) in [7, 11) is 0. The van der Waals surface area contributed by atoms with Gasteiger partial charge in [0.1, 0.15) is 18.1 Å². The quantitative estimate of drug-likeness (QED) is 0.157. The molecular weight excluding hydrogens is 422 g/mol. The average Bonchev–Trinajstić information content (AvgIpc) is 2.71. The lowest BCUT2D eigenvalue weighted by Gasteiger charge is -2.29.